The molecule has 1 aromatic carbocycles. The number of amides is 1. The molecule has 1 rings (SSSR count). The SMILES string of the molecule is CC(C)C(CO)NC(=O)c1ccccc1I. The number of rotatable bonds is 4. The maximum Gasteiger partial charge on any atom is 0.252 e. The van der Waals surface area contributed by atoms with Crippen LogP contribution in [0.25, 0.3) is 0 Å². The Morgan fingerprint density at radius 2 is 2.06 bits per heavy atom. The molecule has 1 amide bonds. The summed E-state index contributed by atoms with van der Waals surface area (Å²) in [7, 11) is 0. The van der Waals surface area contributed by atoms with Gasteiger partial charge in [0.15, 0.2) is 0 Å². The summed E-state index contributed by atoms with van der Waals surface area (Å²) in [6.45, 7) is 3.90. The molecule has 0 aliphatic carbocycles. The minimum atomic E-state index is -0.191. The predicted molar refractivity (Wildman–Crippen MR) is 72.3 cm³/mol. The molecule has 1 unspecified atom stereocenters. The summed E-state index contributed by atoms with van der Waals surface area (Å²) < 4.78 is 0.915. The van der Waals surface area contributed by atoms with Crippen LogP contribution in [0.2, 0.25) is 0 Å². The summed E-state index contributed by atoms with van der Waals surface area (Å²) in [6, 6.07) is 7.21. The van der Waals surface area contributed by atoms with Crippen LogP contribution in [0, 0.1) is 9.49 Å². The lowest BCUT2D eigenvalue weighted by Crippen LogP contribution is -2.41. The van der Waals surface area contributed by atoms with E-state index >= 15 is 0 Å². The Bertz CT molecular complexity index is 366. The number of halogens is 1. The molecule has 0 saturated carbocycles. The molecule has 4 heteroatoms. The molecule has 88 valence electrons. The summed E-state index contributed by atoms with van der Waals surface area (Å²) in [5.41, 5.74) is 0.655. The Kier molecular flexibility index (Phi) is 5.21. The fourth-order valence-corrected chi connectivity index (χ4v) is 1.95. The van der Waals surface area contributed by atoms with E-state index < -0.39 is 0 Å². The Balaban J connectivity index is 2.76. The van der Waals surface area contributed by atoms with Crippen LogP contribution in [-0.2, 0) is 0 Å². The highest BCUT2D eigenvalue weighted by atomic mass is 127. The molecule has 0 radical (unpaired) electrons. The third-order valence-electron chi connectivity index (χ3n) is 2.44. The van der Waals surface area contributed by atoms with Crippen LogP contribution < -0.4 is 5.32 Å². The van der Waals surface area contributed by atoms with Crippen molar-refractivity contribution in [1.29, 1.82) is 0 Å². The molecule has 2 N–H and O–H groups in total. The van der Waals surface area contributed by atoms with Gasteiger partial charge in [-0.25, -0.2) is 0 Å². The van der Waals surface area contributed by atoms with Crippen LogP contribution in [0.1, 0.15) is 24.2 Å². The standard InChI is InChI=1S/C12H16INO2/c1-8(2)11(7-15)14-12(16)9-5-3-4-6-10(9)13/h3-6,8,11,15H,7H2,1-2H3,(H,14,16). The fraction of sp³-hybridized carbons (Fsp3) is 0.417. The first-order valence-corrected chi connectivity index (χ1v) is 6.30. The molecule has 1 aromatic rings. The van der Waals surface area contributed by atoms with Gasteiger partial charge >= 0.3 is 0 Å². The summed E-state index contributed by atoms with van der Waals surface area (Å²) in [4.78, 5) is 11.9. The number of aliphatic hydroxyl groups excluding tert-OH is 1. The number of carbonyl (C=O) groups is 1. The first-order chi connectivity index (χ1) is 7.56. The van der Waals surface area contributed by atoms with Crippen LogP contribution in [0.5, 0.6) is 0 Å². The molecule has 0 fully saturated rings. The Hall–Kier alpha value is -0.620. The zero-order valence-electron chi connectivity index (χ0n) is 9.40. The lowest BCUT2D eigenvalue weighted by molar-refractivity contribution is 0.0896. The molecule has 0 saturated heterocycles. The lowest BCUT2D eigenvalue weighted by Gasteiger charge is -2.20. The van der Waals surface area contributed by atoms with Gasteiger partial charge in [0.25, 0.3) is 5.91 Å². The number of carbonyl (C=O) groups excluding carboxylic acids is 1. The quantitative estimate of drug-likeness (QED) is 0.829. The second kappa shape index (κ2) is 6.20. The van der Waals surface area contributed by atoms with Crippen molar-refractivity contribution in [2.24, 2.45) is 5.92 Å². The van der Waals surface area contributed by atoms with Gasteiger partial charge in [-0.1, -0.05) is 26.0 Å². The molecule has 3 nitrogen and oxygen atoms in total. The van der Waals surface area contributed by atoms with Crippen molar-refractivity contribution in [1.82, 2.24) is 5.32 Å². The normalized spacial score (nSPS) is 12.6. The number of nitrogens with one attached hydrogen (secondary N) is 1. The number of aliphatic hydroxyl groups is 1. The van der Waals surface area contributed by atoms with Crippen LogP contribution >= 0.6 is 22.6 Å². The first-order valence-electron chi connectivity index (χ1n) is 5.22. The summed E-state index contributed by atoms with van der Waals surface area (Å²) in [5, 5.41) is 12.0. The van der Waals surface area contributed by atoms with E-state index in [0.29, 0.717) is 5.56 Å². The van der Waals surface area contributed by atoms with Crippen LogP contribution in [-0.4, -0.2) is 23.7 Å². The van der Waals surface area contributed by atoms with E-state index in [1.165, 1.54) is 0 Å². The molecule has 0 aromatic heterocycles. The van der Waals surface area contributed by atoms with Crippen molar-refractivity contribution in [3.63, 3.8) is 0 Å². The highest BCUT2D eigenvalue weighted by molar-refractivity contribution is 14.1. The average Bonchev–Trinajstić information content (AvgIpc) is 2.25. The van der Waals surface area contributed by atoms with E-state index in [4.69, 9.17) is 5.11 Å². The lowest BCUT2D eigenvalue weighted by atomic mass is 10.0. The number of hydrogen-bond donors (Lipinski definition) is 2. The van der Waals surface area contributed by atoms with E-state index in [9.17, 15) is 4.79 Å². The minimum Gasteiger partial charge on any atom is -0.394 e. The Labute approximate surface area is 109 Å². The Morgan fingerprint density at radius 3 is 2.56 bits per heavy atom. The van der Waals surface area contributed by atoms with Gasteiger partial charge in [0.1, 0.15) is 0 Å². The zero-order valence-corrected chi connectivity index (χ0v) is 11.6. The van der Waals surface area contributed by atoms with Crippen molar-refractivity contribution < 1.29 is 9.90 Å². The summed E-state index contributed by atoms with van der Waals surface area (Å²) >= 11 is 2.13. The maximum absolute atomic E-state index is 11.9. The third-order valence-corrected chi connectivity index (χ3v) is 3.38. The highest BCUT2D eigenvalue weighted by Crippen LogP contribution is 2.12. The van der Waals surface area contributed by atoms with Gasteiger partial charge in [0.05, 0.1) is 18.2 Å². The average molecular weight is 333 g/mol. The van der Waals surface area contributed by atoms with Crippen LogP contribution in [0.3, 0.4) is 0 Å². The van der Waals surface area contributed by atoms with E-state index in [-0.39, 0.29) is 24.5 Å². The van der Waals surface area contributed by atoms with Crippen molar-refractivity contribution in [2.75, 3.05) is 6.61 Å². The van der Waals surface area contributed by atoms with E-state index in [1.54, 1.807) is 6.07 Å². The number of hydrogen-bond acceptors (Lipinski definition) is 2. The van der Waals surface area contributed by atoms with Gasteiger partial charge in [-0.15, -0.1) is 0 Å². The van der Waals surface area contributed by atoms with Gasteiger partial charge in [0.2, 0.25) is 0 Å². The van der Waals surface area contributed by atoms with Crippen LogP contribution in [0.4, 0.5) is 0 Å². The van der Waals surface area contributed by atoms with E-state index in [0.717, 1.165) is 3.57 Å². The van der Waals surface area contributed by atoms with Gasteiger partial charge in [0, 0.05) is 3.57 Å². The summed E-state index contributed by atoms with van der Waals surface area (Å²) in [6.07, 6.45) is 0. The molecule has 0 bridgehead atoms. The maximum atomic E-state index is 11.9. The van der Waals surface area contributed by atoms with Crippen LogP contribution in [0.15, 0.2) is 24.3 Å². The van der Waals surface area contributed by atoms with Crippen molar-refractivity contribution in [2.45, 2.75) is 19.9 Å². The molecule has 16 heavy (non-hydrogen) atoms. The van der Waals surface area contributed by atoms with Gasteiger partial charge in [-0.05, 0) is 40.6 Å². The van der Waals surface area contributed by atoms with Crippen molar-refractivity contribution >= 4 is 28.5 Å². The number of benzene rings is 1. The predicted octanol–water partition coefficient (Wildman–Crippen LogP) is 2.04. The minimum absolute atomic E-state index is 0.0349. The Morgan fingerprint density at radius 1 is 1.44 bits per heavy atom. The first kappa shape index (κ1) is 13.4. The van der Waals surface area contributed by atoms with Crippen molar-refractivity contribution in [3.8, 4) is 0 Å². The molecular weight excluding hydrogens is 317 g/mol. The second-order valence-electron chi connectivity index (χ2n) is 3.99. The van der Waals surface area contributed by atoms with E-state index in [1.807, 2.05) is 32.0 Å². The summed E-state index contributed by atoms with van der Waals surface area (Å²) in [5.74, 6) is 0.0908. The zero-order chi connectivity index (χ0) is 12.1. The topological polar surface area (TPSA) is 49.3 Å². The van der Waals surface area contributed by atoms with Crippen molar-refractivity contribution in [3.05, 3.63) is 33.4 Å². The fourth-order valence-electron chi connectivity index (χ4n) is 1.31. The van der Waals surface area contributed by atoms with E-state index in [2.05, 4.69) is 27.9 Å². The molecule has 1 atom stereocenters. The molecule has 0 aliphatic heterocycles. The smallest absolute Gasteiger partial charge is 0.252 e. The monoisotopic (exact) mass is 333 g/mol. The highest BCUT2D eigenvalue weighted by Gasteiger charge is 2.17. The second-order valence-corrected chi connectivity index (χ2v) is 5.15. The third kappa shape index (κ3) is 3.45. The molecule has 0 spiro atoms. The molecule has 0 heterocycles. The van der Waals surface area contributed by atoms with Gasteiger partial charge in [-0.3, -0.25) is 4.79 Å². The molecular formula is C12H16INO2. The largest absolute Gasteiger partial charge is 0.394 e. The molecule has 0 aliphatic rings. The van der Waals surface area contributed by atoms with Gasteiger partial charge in [-0.2, -0.15) is 0 Å². The van der Waals surface area contributed by atoms with Gasteiger partial charge < -0.3 is 10.4 Å².